The summed E-state index contributed by atoms with van der Waals surface area (Å²) in [6, 6.07) is 0.140. The summed E-state index contributed by atoms with van der Waals surface area (Å²) in [4.78, 5) is 24.6. The molecule has 0 aliphatic heterocycles. The number of carbonyl (C=O) groups excluding carboxylic acids is 1. The molecule has 0 saturated heterocycles. The minimum atomic E-state index is -0.896. The largest absolute Gasteiger partial charge is 0.481 e. The SMILES string of the molecule is CC(CN(C)C(=O)NC1CCc2cnn(C(C)C)c2C1)C(=O)O. The molecule has 7 heteroatoms. The molecular formula is C16H26N4O3. The second kappa shape index (κ2) is 7.02. The standard InChI is InChI=1S/C16H26N4O3/c1-10(2)20-14-7-13(6-5-12(14)8-17-20)18-16(23)19(4)9-11(3)15(21)22/h8,10-11,13H,5-7,9H2,1-4H3,(H,18,23)(H,21,22). The number of rotatable bonds is 5. The zero-order valence-corrected chi connectivity index (χ0v) is 14.2. The zero-order chi connectivity index (χ0) is 17.1. The maximum atomic E-state index is 12.2. The Bertz CT molecular complexity index is 582. The summed E-state index contributed by atoms with van der Waals surface area (Å²) in [5.74, 6) is -1.47. The van der Waals surface area contributed by atoms with Crippen LogP contribution in [-0.4, -0.2) is 51.4 Å². The molecule has 1 aliphatic rings. The normalized spacial score (nSPS) is 18.4. The van der Waals surface area contributed by atoms with Crippen molar-refractivity contribution in [1.82, 2.24) is 20.0 Å². The fourth-order valence-electron chi connectivity index (χ4n) is 2.95. The average molecular weight is 322 g/mol. The highest BCUT2D eigenvalue weighted by atomic mass is 16.4. The number of nitrogens with zero attached hydrogens (tertiary/aromatic N) is 3. The number of hydrogen-bond acceptors (Lipinski definition) is 3. The number of amides is 2. The van der Waals surface area contributed by atoms with Gasteiger partial charge in [0.25, 0.3) is 0 Å². The third-order valence-corrected chi connectivity index (χ3v) is 4.32. The van der Waals surface area contributed by atoms with E-state index in [-0.39, 0.29) is 18.6 Å². The number of urea groups is 1. The van der Waals surface area contributed by atoms with Crippen molar-refractivity contribution in [3.8, 4) is 0 Å². The lowest BCUT2D eigenvalue weighted by Crippen LogP contribution is -2.47. The van der Waals surface area contributed by atoms with Crippen LogP contribution in [0.1, 0.15) is 44.5 Å². The fraction of sp³-hybridized carbons (Fsp3) is 0.688. The molecule has 0 aromatic carbocycles. The van der Waals surface area contributed by atoms with E-state index in [1.165, 1.54) is 16.2 Å². The van der Waals surface area contributed by atoms with Crippen LogP contribution in [0.4, 0.5) is 4.79 Å². The third kappa shape index (κ3) is 4.03. The van der Waals surface area contributed by atoms with Crippen molar-refractivity contribution in [2.75, 3.05) is 13.6 Å². The molecule has 23 heavy (non-hydrogen) atoms. The van der Waals surface area contributed by atoms with Crippen LogP contribution in [0.15, 0.2) is 6.20 Å². The van der Waals surface area contributed by atoms with E-state index in [2.05, 4.69) is 24.3 Å². The van der Waals surface area contributed by atoms with Crippen molar-refractivity contribution in [2.24, 2.45) is 5.92 Å². The van der Waals surface area contributed by atoms with E-state index in [1.54, 1.807) is 14.0 Å². The molecule has 0 saturated carbocycles. The predicted octanol–water partition coefficient (Wildman–Crippen LogP) is 1.68. The Balaban J connectivity index is 1.95. The molecule has 0 bridgehead atoms. The Morgan fingerprint density at radius 1 is 1.48 bits per heavy atom. The fourth-order valence-corrected chi connectivity index (χ4v) is 2.95. The van der Waals surface area contributed by atoms with Crippen molar-refractivity contribution in [3.05, 3.63) is 17.5 Å². The summed E-state index contributed by atoms with van der Waals surface area (Å²) in [5.41, 5.74) is 2.45. The van der Waals surface area contributed by atoms with E-state index in [0.29, 0.717) is 6.04 Å². The first kappa shape index (κ1) is 17.3. The quantitative estimate of drug-likeness (QED) is 0.863. The molecule has 7 nitrogen and oxygen atoms in total. The van der Waals surface area contributed by atoms with Crippen molar-refractivity contribution >= 4 is 12.0 Å². The summed E-state index contributed by atoms with van der Waals surface area (Å²) in [6.07, 6.45) is 4.47. The molecule has 128 valence electrons. The minimum absolute atomic E-state index is 0.0618. The molecule has 0 spiro atoms. The molecule has 2 N–H and O–H groups in total. The summed E-state index contributed by atoms with van der Waals surface area (Å²) in [5, 5.41) is 16.4. The molecular weight excluding hydrogens is 296 g/mol. The lowest BCUT2D eigenvalue weighted by atomic mass is 9.93. The van der Waals surface area contributed by atoms with E-state index in [0.717, 1.165) is 19.3 Å². The van der Waals surface area contributed by atoms with E-state index < -0.39 is 11.9 Å². The molecule has 1 aromatic heterocycles. The molecule has 1 aliphatic carbocycles. The van der Waals surface area contributed by atoms with Crippen LogP contribution in [0.3, 0.4) is 0 Å². The topological polar surface area (TPSA) is 87.5 Å². The Morgan fingerprint density at radius 2 is 2.17 bits per heavy atom. The summed E-state index contributed by atoms with van der Waals surface area (Å²) >= 11 is 0. The summed E-state index contributed by atoms with van der Waals surface area (Å²) < 4.78 is 2.02. The monoisotopic (exact) mass is 322 g/mol. The smallest absolute Gasteiger partial charge is 0.317 e. The Morgan fingerprint density at radius 3 is 2.78 bits per heavy atom. The van der Waals surface area contributed by atoms with Gasteiger partial charge in [-0.2, -0.15) is 5.10 Å². The first-order valence-electron chi connectivity index (χ1n) is 8.09. The summed E-state index contributed by atoms with van der Waals surface area (Å²) in [7, 11) is 1.63. The van der Waals surface area contributed by atoms with Gasteiger partial charge in [0.05, 0.1) is 12.1 Å². The number of carboxylic acid groups (broad SMARTS) is 1. The Labute approximate surface area is 136 Å². The van der Waals surface area contributed by atoms with Crippen LogP contribution in [0.25, 0.3) is 0 Å². The van der Waals surface area contributed by atoms with Gasteiger partial charge in [0.1, 0.15) is 0 Å². The third-order valence-electron chi connectivity index (χ3n) is 4.32. The van der Waals surface area contributed by atoms with Crippen molar-refractivity contribution in [3.63, 3.8) is 0 Å². The van der Waals surface area contributed by atoms with Gasteiger partial charge in [0, 0.05) is 37.8 Å². The van der Waals surface area contributed by atoms with Gasteiger partial charge in [-0.3, -0.25) is 9.48 Å². The first-order valence-corrected chi connectivity index (χ1v) is 8.09. The highest BCUT2D eigenvalue weighted by molar-refractivity contribution is 5.76. The maximum Gasteiger partial charge on any atom is 0.317 e. The summed E-state index contributed by atoms with van der Waals surface area (Å²) in [6.45, 7) is 5.98. The van der Waals surface area contributed by atoms with Gasteiger partial charge < -0.3 is 15.3 Å². The maximum absolute atomic E-state index is 12.2. The number of carbonyl (C=O) groups is 2. The second-order valence-electron chi connectivity index (χ2n) is 6.66. The number of aryl methyl sites for hydroxylation is 1. The van der Waals surface area contributed by atoms with E-state index in [9.17, 15) is 9.59 Å². The minimum Gasteiger partial charge on any atom is -0.481 e. The molecule has 1 aromatic rings. The van der Waals surface area contributed by atoms with Crippen LogP contribution in [0.5, 0.6) is 0 Å². The van der Waals surface area contributed by atoms with Gasteiger partial charge in [0.2, 0.25) is 0 Å². The molecule has 2 unspecified atom stereocenters. The first-order chi connectivity index (χ1) is 10.8. The van der Waals surface area contributed by atoms with Crippen LogP contribution in [-0.2, 0) is 17.6 Å². The molecule has 2 rings (SSSR count). The zero-order valence-electron chi connectivity index (χ0n) is 14.2. The predicted molar refractivity (Wildman–Crippen MR) is 86.4 cm³/mol. The number of carboxylic acids is 1. The van der Waals surface area contributed by atoms with Gasteiger partial charge in [-0.25, -0.2) is 4.79 Å². The average Bonchev–Trinajstić information content (AvgIpc) is 2.90. The number of aromatic nitrogens is 2. The molecule has 2 amide bonds. The van der Waals surface area contributed by atoms with Crippen LogP contribution in [0, 0.1) is 5.92 Å². The van der Waals surface area contributed by atoms with Crippen LogP contribution in [0.2, 0.25) is 0 Å². The Kier molecular flexibility index (Phi) is 5.28. The van der Waals surface area contributed by atoms with Gasteiger partial charge in [-0.05, 0) is 32.3 Å². The van der Waals surface area contributed by atoms with Crippen molar-refractivity contribution < 1.29 is 14.7 Å². The van der Waals surface area contributed by atoms with Crippen LogP contribution >= 0.6 is 0 Å². The molecule has 1 heterocycles. The van der Waals surface area contributed by atoms with Gasteiger partial charge in [0.15, 0.2) is 0 Å². The van der Waals surface area contributed by atoms with Crippen LogP contribution < -0.4 is 5.32 Å². The molecule has 0 radical (unpaired) electrons. The van der Waals surface area contributed by atoms with E-state index in [4.69, 9.17) is 5.11 Å². The lowest BCUT2D eigenvalue weighted by Gasteiger charge is -2.28. The van der Waals surface area contributed by atoms with Crippen molar-refractivity contribution in [2.45, 2.75) is 52.1 Å². The second-order valence-corrected chi connectivity index (χ2v) is 6.66. The number of hydrogen-bond donors (Lipinski definition) is 2. The highest BCUT2D eigenvalue weighted by Crippen LogP contribution is 2.23. The van der Waals surface area contributed by atoms with E-state index >= 15 is 0 Å². The molecule has 2 atom stereocenters. The van der Waals surface area contributed by atoms with Gasteiger partial charge in [-0.15, -0.1) is 0 Å². The molecule has 0 fully saturated rings. The number of nitrogens with one attached hydrogen (secondary N) is 1. The number of fused-ring (bicyclic) bond motifs is 1. The number of aliphatic carboxylic acids is 1. The van der Waals surface area contributed by atoms with Gasteiger partial charge in [-0.1, -0.05) is 6.92 Å². The van der Waals surface area contributed by atoms with Gasteiger partial charge >= 0.3 is 12.0 Å². The van der Waals surface area contributed by atoms with Crippen molar-refractivity contribution in [1.29, 1.82) is 0 Å². The lowest BCUT2D eigenvalue weighted by molar-refractivity contribution is -0.141. The van der Waals surface area contributed by atoms with E-state index in [1.807, 2.05) is 10.9 Å². The Hall–Kier alpha value is -2.05. The highest BCUT2D eigenvalue weighted by Gasteiger charge is 2.26.